The van der Waals surface area contributed by atoms with Crippen LogP contribution in [0.5, 0.6) is 5.75 Å². The number of carbonyl (C=O) groups is 3. The number of benzene rings is 1. The lowest BCUT2D eigenvalue weighted by atomic mass is 9.56. The topological polar surface area (TPSA) is 107 Å². The molecule has 3 saturated carbocycles. The van der Waals surface area contributed by atoms with Gasteiger partial charge in [0.1, 0.15) is 29.5 Å². The van der Waals surface area contributed by atoms with Crippen LogP contribution in [0.3, 0.4) is 0 Å². The number of Topliss-reactive ketones (excluding diaryl/α,β-unsaturated/α-hetero) is 1. The molecule has 2 N–H and O–H groups in total. The molecule has 0 spiro atoms. The van der Waals surface area contributed by atoms with E-state index in [0.29, 0.717) is 12.1 Å². The molecule has 3 aliphatic rings. The molecule has 0 radical (unpaired) electrons. The Balaban J connectivity index is 1.27. The molecular formula is C29H35ClFN3O5. The first-order valence-corrected chi connectivity index (χ1v) is 13.6. The third-order valence-corrected chi connectivity index (χ3v) is 7.84. The van der Waals surface area contributed by atoms with Crippen molar-refractivity contribution < 1.29 is 28.2 Å². The third-order valence-electron chi connectivity index (χ3n) is 7.54. The van der Waals surface area contributed by atoms with Gasteiger partial charge in [0, 0.05) is 30.8 Å². The second-order valence-electron chi connectivity index (χ2n) is 11.7. The van der Waals surface area contributed by atoms with Crippen molar-refractivity contribution in [3.05, 3.63) is 58.6 Å². The fraction of sp³-hybridized carbons (Fsp3) is 0.517. The lowest BCUT2D eigenvalue weighted by Crippen LogP contribution is -2.57. The number of hydrogen-bond acceptors (Lipinski definition) is 6. The lowest BCUT2D eigenvalue weighted by molar-refractivity contribution is -0.125. The summed E-state index contributed by atoms with van der Waals surface area (Å²) < 4.78 is 24.4. The zero-order valence-electron chi connectivity index (χ0n) is 22.6. The number of rotatable bonds is 9. The van der Waals surface area contributed by atoms with Crippen molar-refractivity contribution in [2.24, 2.45) is 5.41 Å². The van der Waals surface area contributed by atoms with E-state index in [-0.39, 0.29) is 46.6 Å². The van der Waals surface area contributed by atoms with Crippen LogP contribution in [0.15, 0.2) is 36.5 Å². The quantitative estimate of drug-likeness (QED) is 0.404. The second-order valence-corrected chi connectivity index (χ2v) is 12.1. The highest BCUT2D eigenvalue weighted by atomic mass is 35.5. The van der Waals surface area contributed by atoms with Crippen LogP contribution in [0.2, 0.25) is 5.02 Å². The van der Waals surface area contributed by atoms with Crippen molar-refractivity contribution in [2.45, 2.75) is 83.4 Å². The zero-order chi connectivity index (χ0) is 28.3. The Morgan fingerprint density at radius 1 is 1.05 bits per heavy atom. The van der Waals surface area contributed by atoms with E-state index in [0.717, 1.165) is 44.1 Å². The molecule has 1 aromatic heterocycles. The Kier molecular flexibility index (Phi) is 8.49. The van der Waals surface area contributed by atoms with E-state index in [1.165, 1.54) is 18.2 Å². The molecule has 2 bridgehead atoms. The van der Waals surface area contributed by atoms with E-state index < -0.39 is 17.5 Å². The molecule has 0 aliphatic heterocycles. The van der Waals surface area contributed by atoms with Crippen LogP contribution < -0.4 is 15.4 Å². The SMILES string of the molecule is CC(C)(C)OC(=O)NCc1ccnc(C(=O)NC23CCC(CC(=O)COc4ccc(Cl)c(F)c4)(CC2)CC3)c1. The van der Waals surface area contributed by atoms with Crippen LogP contribution in [0.25, 0.3) is 0 Å². The number of ether oxygens (including phenoxy) is 2. The third kappa shape index (κ3) is 7.68. The van der Waals surface area contributed by atoms with Crippen LogP contribution >= 0.6 is 11.6 Å². The molecule has 3 fully saturated rings. The maximum absolute atomic E-state index is 13.6. The van der Waals surface area contributed by atoms with Crippen LogP contribution in [0.4, 0.5) is 9.18 Å². The molecule has 5 rings (SSSR count). The number of fused-ring (bicyclic) bond motifs is 3. The van der Waals surface area contributed by atoms with Gasteiger partial charge in [-0.3, -0.25) is 14.6 Å². The molecule has 0 saturated heterocycles. The second kappa shape index (κ2) is 11.5. The van der Waals surface area contributed by atoms with E-state index in [9.17, 15) is 18.8 Å². The summed E-state index contributed by atoms with van der Waals surface area (Å²) in [6.45, 7) is 5.48. The van der Waals surface area contributed by atoms with Crippen molar-refractivity contribution in [3.8, 4) is 5.75 Å². The number of carbonyl (C=O) groups excluding carboxylic acids is 3. The standard InChI is InChI=1S/C29H35ClFN3O5/c1-27(2,3)39-26(37)33-17-19-6-13-32-24(14-19)25(36)34-29-10-7-28(8-11-29,9-12-29)16-20(35)18-38-21-4-5-22(30)23(31)15-21/h4-6,13-15H,7-12,16-18H2,1-3H3,(H,33,37)(H,34,36). The van der Waals surface area contributed by atoms with Gasteiger partial charge in [-0.2, -0.15) is 0 Å². The highest BCUT2D eigenvalue weighted by molar-refractivity contribution is 6.30. The number of nitrogens with one attached hydrogen (secondary N) is 2. The maximum atomic E-state index is 13.6. The van der Waals surface area contributed by atoms with Gasteiger partial charge in [0.05, 0.1) is 5.02 Å². The van der Waals surface area contributed by atoms with Crippen molar-refractivity contribution in [3.63, 3.8) is 0 Å². The Labute approximate surface area is 233 Å². The Morgan fingerprint density at radius 2 is 1.74 bits per heavy atom. The van der Waals surface area contributed by atoms with Gasteiger partial charge < -0.3 is 20.1 Å². The highest BCUT2D eigenvalue weighted by Gasteiger charge is 2.50. The molecule has 39 heavy (non-hydrogen) atoms. The number of aromatic nitrogens is 1. The minimum absolute atomic E-state index is 0.00578. The van der Waals surface area contributed by atoms with Crippen LogP contribution in [-0.4, -0.2) is 40.5 Å². The summed E-state index contributed by atoms with van der Waals surface area (Å²) >= 11 is 5.69. The summed E-state index contributed by atoms with van der Waals surface area (Å²) in [6.07, 6.45) is 6.30. The molecule has 1 heterocycles. The molecule has 2 aromatic rings. The van der Waals surface area contributed by atoms with Gasteiger partial charge in [0.15, 0.2) is 5.78 Å². The number of alkyl carbamates (subject to hydrolysis) is 1. The van der Waals surface area contributed by atoms with Crippen molar-refractivity contribution >= 4 is 29.4 Å². The van der Waals surface area contributed by atoms with E-state index >= 15 is 0 Å². The van der Waals surface area contributed by atoms with E-state index in [1.807, 2.05) is 0 Å². The summed E-state index contributed by atoms with van der Waals surface area (Å²) in [5.74, 6) is -0.583. The first kappa shape index (κ1) is 28.8. The van der Waals surface area contributed by atoms with Gasteiger partial charge in [-0.1, -0.05) is 11.6 Å². The summed E-state index contributed by atoms with van der Waals surface area (Å²) in [5, 5.41) is 5.91. The fourth-order valence-corrected chi connectivity index (χ4v) is 5.54. The summed E-state index contributed by atoms with van der Waals surface area (Å²) in [5.41, 5.74) is 0.0341. The monoisotopic (exact) mass is 559 g/mol. The first-order chi connectivity index (χ1) is 18.4. The van der Waals surface area contributed by atoms with Crippen molar-refractivity contribution in [2.75, 3.05) is 6.61 Å². The largest absolute Gasteiger partial charge is 0.486 e. The van der Waals surface area contributed by atoms with Gasteiger partial charge in [0.2, 0.25) is 0 Å². The smallest absolute Gasteiger partial charge is 0.407 e. The Bertz CT molecular complexity index is 1220. The molecule has 2 amide bonds. The van der Waals surface area contributed by atoms with Gasteiger partial charge in [-0.25, -0.2) is 9.18 Å². The Hall–Kier alpha value is -3.20. The van der Waals surface area contributed by atoms with Crippen molar-refractivity contribution in [1.29, 1.82) is 0 Å². The first-order valence-electron chi connectivity index (χ1n) is 13.2. The summed E-state index contributed by atoms with van der Waals surface area (Å²) in [6, 6.07) is 7.53. The molecule has 3 aliphatic carbocycles. The molecule has 1 aromatic carbocycles. The number of nitrogens with zero attached hydrogens (tertiary/aromatic N) is 1. The number of ketones is 1. The minimum atomic E-state index is -0.594. The highest BCUT2D eigenvalue weighted by Crippen LogP contribution is 2.54. The number of hydrogen-bond donors (Lipinski definition) is 2. The van der Waals surface area contributed by atoms with Crippen molar-refractivity contribution in [1.82, 2.24) is 15.6 Å². The zero-order valence-corrected chi connectivity index (χ0v) is 23.3. The average Bonchev–Trinajstić information content (AvgIpc) is 2.88. The fourth-order valence-electron chi connectivity index (χ4n) is 5.42. The number of halogens is 2. The molecule has 0 unspecified atom stereocenters. The lowest BCUT2D eigenvalue weighted by Gasteiger charge is -2.53. The Morgan fingerprint density at radius 3 is 2.38 bits per heavy atom. The molecule has 0 atom stereocenters. The van der Waals surface area contributed by atoms with Crippen LogP contribution in [-0.2, 0) is 16.1 Å². The minimum Gasteiger partial charge on any atom is -0.486 e. The molecular weight excluding hydrogens is 525 g/mol. The molecule has 8 nitrogen and oxygen atoms in total. The normalized spacial score (nSPS) is 22.2. The van der Waals surface area contributed by atoms with Crippen LogP contribution in [0, 0.1) is 11.2 Å². The van der Waals surface area contributed by atoms with E-state index in [1.54, 1.807) is 39.1 Å². The average molecular weight is 560 g/mol. The summed E-state index contributed by atoms with van der Waals surface area (Å²) in [7, 11) is 0. The van der Waals surface area contributed by atoms with Gasteiger partial charge >= 0.3 is 6.09 Å². The van der Waals surface area contributed by atoms with Gasteiger partial charge in [-0.05, 0) is 94.5 Å². The van der Waals surface area contributed by atoms with E-state index in [2.05, 4.69) is 15.6 Å². The number of amides is 2. The van der Waals surface area contributed by atoms with E-state index in [4.69, 9.17) is 21.1 Å². The van der Waals surface area contributed by atoms with Gasteiger partial charge in [-0.15, -0.1) is 0 Å². The number of pyridine rings is 1. The predicted octanol–water partition coefficient (Wildman–Crippen LogP) is 5.76. The van der Waals surface area contributed by atoms with Crippen LogP contribution in [0.1, 0.15) is 81.8 Å². The predicted molar refractivity (Wildman–Crippen MR) is 144 cm³/mol. The molecule has 210 valence electrons. The van der Waals surface area contributed by atoms with Gasteiger partial charge in [0.25, 0.3) is 5.91 Å². The maximum Gasteiger partial charge on any atom is 0.407 e. The summed E-state index contributed by atoms with van der Waals surface area (Å²) in [4.78, 5) is 42.0. The molecule has 10 heteroatoms.